The Kier molecular flexibility index (Phi) is 40.3. The summed E-state index contributed by atoms with van der Waals surface area (Å²) in [5.74, 6) is -1.79. The van der Waals surface area contributed by atoms with Gasteiger partial charge in [-0.1, -0.05) is 7.43 Å². The van der Waals surface area contributed by atoms with E-state index in [-0.39, 0.29) is 39.3 Å². The van der Waals surface area contributed by atoms with Gasteiger partial charge in [0, 0.05) is 26.2 Å². The minimum atomic E-state index is -0.914. The van der Waals surface area contributed by atoms with E-state index in [1.54, 1.807) is 4.90 Å². The molecule has 0 amide bonds. The lowest BCUT2D eigenvalue weighted by molar-refractivity contribution is -0.193. The maximum absolute atomic E-state index is 10.6. The molecule has 0 aliphatic rings. The molecule has 4 N–H and O–H groups in total. The molecule has 0 fully saturated rings. The Labute approximate surface area is 156 Å². The molecule has 13 nitrogen and oxygen atoms in total. The monoisotopic (exact) mass is 397 g/mol. The molecule has 0 spiro atoms. The van der Waals surface area contributed by atoms with E-state index in [1.165, 1.54) is 0 Å². The minimum absolute atomic E-state index is 0. The number of hydrogen-bond acceptors (Lipinski definition) is 10. The molecule has 0 aromatic carbocycles. The van der Waals surface area contributed by atoms with Crippen molar-refractivity contribution in [3.63, 3.8) is 0 Å². The van der Waals surface area contributed by atoms with Gasteiger partial charge in [-0.25, -0.2) is 0 Å². The average molecular weight is 397 g/mol. The zero-order chi connectivity index (χ0) is 21.4. The van der Waals surface area contributed by atoms with Crippen LogP contribution in [0.2, 0.25) is 0 Å². The first-order valence-corrected chi connectivity index (χ1v) is 6.74. The standard InChI is InChI=1S/C10H21N3O4.CH2O2.2CO2.CH4/c1-12(2)5-6-13(8-10(16)17)4-3-11-7-9(14)15;3*2-1-3;/h11H,3-8H2,1-2H3,(H,14,15)(H,16,17);1H,(H,2,3);;;1H4. The smallest absolute Gasteiger partial charge is 0.373 e. The van der Waals surface area contributed by atoms with Crippen LogP contribution in [-0.2, 0) is 33.6 Å². The van der Waals surface area contributed by atoms with E-state index >= 15 is 0 Å². The summed E-state index contributed by atoms with van der Waals surface area (Å²) in [6.45, 7) is 2.03. The van der Waals surface area contributed by atoms with Crippen molar-refractivity contribution in [3.8, 4) is 0 Å². The molecule has 0 bridgehead atoms. The summed E-state index contributed by atoms with van der Waals surface area (Å²) in [7, 11) is 3.84. The summed E-state index contributed by atoms with van der Waals surface area (Å²) in [6.07, 6.45) is 0.500. The lowest BCUT2D eigenvalue weighted by Crippen LogP contribution is -2.40. The van der Waals surface area contributed by atoms with Gasteiger partial charge in [-0.05, 0) is 14.1 Å². The van der Waals surface area contributed by atoms with Crippen LogP contribution >= 0.6 is 0 Å². The Balaban J connectivity index is -0.000000136. The molecule has 0 aromatic heterocycles. The largest absolute Gasteiger partial charge is 0.483 e. The Morgan fingerprint density at radius 3 is 1.67 bits per heavy atom. The second kappa shape index (κ2) is 30.9. The van der Waals surface area contributed by atoms with Crippen molar-refractivity contribution < 1.29 is 48.9 Å². The zero-order valence-corrected chi connectivity index (χ0v) is 14.4. The van der Waals surface area contributed by atoms with E-state index in [1.807, 2.05) is 19.0 Å². The summed E-state index contributed by atoms with van der Waals surface area (Å²) in [6, 6.07) is 0. The van der Waals surface area contributed by atoms with Crippen LogP contribution in [0.5, 0.6) is 0 Å². The Bertz CT molecular complexity index is 419. The Morgan fingerprint density at radius 2 is 1.37 bits per heavy atom. The van der Waals surface area contributed by atoms with Crippen molar-refractivity contribution >= 4 is 30.7 Å². The molecular formula is C14H27N3O10. The molecule has 0 saturated heterocycles. The fourth-order valence-corrected chi connectivity index (χ4v) is 1.24. The second-order valence-electron chi connectivity index (χ2n) is 4.32. The molecular weight excluding hydrogens is 370 g/mol. The van der Waals surface area contributed by atoms with Gasteiger partial charge in [-0.15, -0.1) is 0 Å². The summed E-state index contributed by atoms with van der Waals surface area (Å²) >= 11 is 0. The quantitative estimate of drug-likeness (QED) is 0.228. The van der Waals surface area contributed by atoms with E-state index in [0.29, 0.717) is 19.6 Å². The maximum Gasteiger partial charge on any atom is 0.373 e. The molecule has 158 valence electrons. The van der Waals surface area contributed by atoms with Gasteiger partial charge in [0.15, 0.2) is 0 Å². The van der Waals surface area contributed by atoms with Gasteiger partial charge in [0.05, 0.1) is 13.1 Å². The molecule has 0 atom stereocenters. The molecule has 0 aliphatic carbocycles. The van der Waals surface area contributed by atoms with Crippen molar-refractivity contribution in [2.75, 3.05) is 53.4 Å². The topological polar surface area (TPSA) is 199 Å². The molecule has 0 heterocycles. The van der Waals surface area contributed by atoms with Crippen molar-refractivity contribution in [3.05, 3.63) is 0 Å². The number of hydrogen-bond donors (Lipinski definition) is 4. The van der Waals surface area contributed by atoms with Crippen molar-refractivity contribution in [1.82, 2.24) is 15.1 Å². The van der Waals surface area contributed by atoms with Crippen LogP contribution in [0.4, 0.5) is 0 Å². The summed E-state index contributed by atoms with van der Waals surface area (Å²) in [5.41, 5.74) is 0. The van der Waals surface area contributed by atoms with Gasteiger partial charge in [0.1, 0.15) is 0 Å². The van der Waals surface area contributed by atoms with Gasteiger partial charge in [-0.2, -0.15) is 19.2 Å². The van der Waals surface area contributed by atoms with Crippen LogP contribution in [0.3, 0.4) is 0 Å². The van der Waals surface area contributed by atoms with Crippen molar-refractivity contribution in [2.45, 2.75) is 7.43 Å². The first kappa shape index (κ1) is 35.2. The predicted octanol–water partition coefficient (Wildman–Crippen LogP) is -2.22. The maximum atomic E-state index is 10.6. The zero-order valence-electron chi connectivity index (χ0n) is 14.4. The summed E-state index contributed by atoms with van der Waals surface area (Å²) in [4.78, 5) is 65.5. The highest BCUT2D eigenvalue weighted by molar-refractivity contribution is 5.69. The van der Waals surface area contributed by atoms with Crippen LogP contribution in [-0.4, -0.2) is 109 Å². The number of carboxylic acids is 2. The number of nitrogens with one attached hydrogen (secondary N) is 1. The highest BCUT2D eigenvalue weighted by atomic mass is 16.4. The minimum Gasteiger partial charge on any atom is -0.483 e. The van der Waals surface area contributed by atoms with Gasteiger partial charge < -0.3 is 25.5 Å². The molecule has 0 radical (unpaired) electrons. The number of likely N-dealkylation sites (N-methyl/N-ethyl adjacent to an activating group) is 1. The number of carbonyl (C=O) groups is 3. The third-order valence-corrected chi connectivity index (χ3v) is 2.10. The van der Waals surface area contributed by atoms with Gasteiger partial charge in [-0.3, -0.25) is 19.3 Å². The number of nitrogens with zero attached hydrogens (tertiary/aromatic N) is 2. The van der Waals surface area contributed by atoms with Gasteiger partial charge >= 0.3 is 24.2 Å². The third kappa shape index (κ3) is 60.0. The van der Waals surface area contributed by atoms with Crippen LogP contribution in [0.15, 0.2) is 0 Å². The van der Waals surface area contributed by atoms with E-state index < -0.39 is 11.9 Å². The fourth-order valence-electron chi connectivity index (χ4n) is 1.24. The molecule has 0 saturated carbocycles. The average Bonchev–Trinajstić information content (AvgIpc) is 2.50. The van der Waals surface area contributed by atoms with Gasteiger partial charge in [0.2, 0.25) is 0 Å². The molecule has 27 heavy (non-hydrogen) atoms. The van der Waals surface area contributed by atoms with E-state index in [2.05, 4.69) is 5.32 Å². The van der Waals surface area contributed by atoms with Crippen LogP contribution < -0.4 is 5.32 Å². The van der Waals surface area contributed by atoms with Crippen molar-refractivity contribution in [1.29, 1.82) is 0 Å². The van der Waals surface area contributed by atoms with E-state index in [9.17, 15) is 9.59 Å². The van der Waals surface area contributed by atoms with E-state index in [4.69, 9.17) is 39.3 Å². The fraction of sp³-hybridized carbons (Fsp3) is 0.643. The van der Waals surface area contributed by atoms with E-state index in [0.717, 1.165) is 6.54 Å². The molecule has 0 aliphatic heterocycles. The molecule has 0 rings (SSSR count). The third-order valence-electron chi connectivity index (χ3n) is 2.10. The first-order valence-electron chi connectivity index (χ1n) is 6.74. The molecule has 0 unspecified atom stereocenters. The van der Waals surface area contributed by atoms with Crippen LogP contribution in [0.25, 0.3) is 0 Å². The number of aliphatic carboxylic acids is 2. The van der Waals surface area contributed by atoms with Crippen LogP contribution in [0, 0.1) is 0 Å². The Morgan fingerprint density at radius 1 is 0.963 bits per heavy atom. The lowest BCUT2D eigenvalue weighted by atomic mass is 10.4. The lowest BCUT2D eigenvalue weighted by Gasteiger charge is -2.22. The second-order valence-corrected chi connectivity index (χ2v) is 4.32. The van der Waals surface area contributed by atoms with Gasteiger partial charge in [0.25, 0.3) is 6.47 Å². The van der Waals surface area contributed by atoms with Crippen molar-refractivity contribution in [2.24, 2.45) is 0 Å². The molecule has 13 heteroatoms. The first-order chi connectivity index (χ1) is 12.2. The molecule has 0 aromatic rings. The van der Waals surface area contributed by atoms with Crippen LogP contribution in [0.1, 0.15) is 7.43 Å². The SMILES string of the molecule is C.CN(C)CCN(CCNCC(=O)O)CC(=O)O.O=C=O.O=C=O.O=CO. The highest BCUT2D eigenvalue weighted by Crippen LogP contribution is 1.88. The normalized spacial score (nSPS) is 8.00. The number of carbonyl (C=O) groups excluding carboxylic acids is 4. The predicted molar refractivity (Wildman–Crippen MR) is 88.6 cm³/mol. The number of carboxylic acid groups (broad SMARTS) is 3. The number of rotatable bonds is 10. The summed E-state index contributed by atoms with van der Waals surface area (Å²) in [5, 5.41) is 26.8. The summed E-state index contributed by atoms with van der Waals surface area (Å²) < 4.78 is 0. The highest BCUT2D eigenvalue weighted by Gasteiger charge is 2.09. The Hall–Kier alpha value is -2.95.